The topological polar surface area (TPSA) is 69.7 Å². The van der Waals surface area contributed by atoms with Gasteiger partial charge in [0.2, 0.25) is 0 Å². The summed E-state index contributed by atoms with van der Waals surface area (Å²) >= 11 is 0. The Kier molecular flexibility index (Phi) is 4.94. The lowest BCUT2D eigenvalue weighted by atomic mass is 10.1. The Hall–Kier alpha value is -0.620. The van der Waals surface area contributed by atoms with Gasteiger partial charge in [0.25, 0.3) is 10.1 Å². The predicted molar refractivity (Wildman–Crippen MR) is 46.6 cm³/mol. The third-order valence-electron chi connectivity index (χ3n) is 1.31. The van der Waals surface area contributed by atoms with E-state index in [-0.39, 0.29) is 24.9 Å². The zero-order valence-corrected chi connectivity index (χ0v) is 8.76. The van der Waals surface area contributed by atoms with Gasteiger partial charge in [-0.2, -0.15) is 8.42 Å². The second-order valence-electron chi connectivity index (χ2n) is 2.87. The van der Waals surface area contributed by atoms with Gasteiger partial charge in [-0.25, -0.2) is 0 Å². The summed E-state index contributed by atoms with van der Waals surface area (Å²) in [7, 11) is -2.13. The number of rotatable bonds is 5. The lowest BCUT2D eigenvalue weighted by Gasteiger charge is -2.08. The first-order valence-electron chi connectivity index (χ1n) is 3.76. The molecule has 0 fully saturated rings. The molecule has 0 aromatic carbocycles. The molecular formula is C7H14O5S. The van der Waals surface area contributed by atoms with Gasteiger partial charge in [0.1, 0.15) is 0 Å². The molecule has 0 aliphatic rings. The third-order valence-corrected chi connectivity index (χ3v) is 1.87. The summed E-state index contributed by atoms with van der Waals surface area (Å²) in [5.41, 5.74) is 0. The molecule has 0 bridgehead atoms. The molecule has 0 aromatic rings. The van der Waals surface area contributed by atoms with Crippen molar-refractivity contribution < 1.29 is 22.1 Å². The molecular weight excluding hydrogens is 196 g/mol. The predicted octanol–water partition coefficient (Wildman–Crippen LogP) is 0.162. The fourth-order valence-corrected chi connectivity index (χ4v) is 1.15. The van der Waals surface area contributed by atoms with E-state index in [9.17, 15) is 13.2 Å². The van der Waals surface area contributed by atoms with Crippen LogP contribution in [0.1, 0.15) is 13.3 Å². The smallest absolute Gasteiger partial charge is 0.305 e. The van der Waals surface area contributed by atoms with Crippen LogP contribution >= 0.6 is 0 Å². The largest absolute Gasteiger partial charge is 0.469 e. The average molecular weight is 210 g/mol. The van der Waals surface area contributed by atoms with E-state index in [4.69, 9.17) is 0 Å². The molecule has 0 rings (SSSR count). The van der Waals surface area contributed by atoms with Crippen LogP contribution in [0.3, 0.4) is 0 Å². The number of carbonyl (C=O) groups excluding carboxylic acids is 1. The summed E-state index contributed by atoms with van der Waals surface area (Å²) in [5, 5.41) is 0. The number of methoxy groups -OCH3 is 1. The Morgan fingerprint density at radius 2 is 2.00 bits per heavy atom. The van der Waals surface area contributed by atoms with Crippen LogP contribution in [0, 0.1) is 5.92 Å². The van der Waals surface area contributed by atoms with Crippen LogP contribution in [0.2, 0.25) is 0 Å². The molecule has 1 atom stereocenters. The highest BCUT2D eigenvalue weighted by molar-refractivity contribution is 7.85. The molecule has 0 aliphatic heterocycles. The monoisotopic (exact) mass is 210 g/mol. The summed E-state index contributed by atoms with van der Waals surface area (Å²) in [6.07, 6.45) is 1.13. The molecule has 1 unspecified atom stereocenters. The molecule has 78 valence electrons. The Morgan fingerprint density at radius 3 is 2.38 bits per heavy atom. The van der Waals surface area contributed by atoms with Crippen molar-refractivity contribution in [1.29, 1.82) is 0 Å². The highest BCUT2D eigenvalue weighted by Gasteiger charge is 2.11. The van der Waals surface area contributed by atoms with E-state index in [1.165, 1.54) is 7.11 Å². The van der Waals surface area contributed by atoms with Gasteiger partial charge < -0.3 is 4.74 Å². The second-order valence-corrected chi connectivity index (χ2v) is 4.52. The van der Waals surface area contributed by atoms with Crippen LogP contribution in [0.15, 0.2) is 0 Å². The summed E-state index contributed by atoms with van der Waals surface area (Å²) < 4.78 is 30.0. The molecule has 0 radical (unpaired) electrons. The minimum atomic E-state index is -3.41. The fourth-order valence-electron chi connectivity index (χ4n) is 0.667. The molecule has 0 saturated carbocycles. The number of hydrogen-bond acceptors (Lipinski definition) is 5. The van der Waals surface area contributed by atoms with Crippen molar-refractivity contribution in [2.24, 2.45) is 5.92 Å². The quantitative estimate of drug-likeness (QED) is 0.477. The van der Waals surface area contributed by atoms with Gasteiger partial charge in [-0.05, 0) is 5.92 Å². The maximum atomic E-state index is 10.7. The van der Waals surface area contributed by atoms with E-state index >= 15 is 0 Å². The fraction of sp³-hybridized carbons (Fsp3) is 0.857. The molecule has 0 aromatic heterocycles. The minimum absolute atomic E-state index is 0.00787. The van der Waals surface area contributed by atoms with Gasteiger partial charge in [0, 0.05) is 0 Å². The normalized spacial score (nSPS) is 13.8. The van der Waals surface area contributed by atoms with Crippen LogP contribution in [0.25, 0.3) is 0 Å². The first-order valence-corrected chi connectivity index (χ1v) is 5.58. The van der Waals surface area contributed by atoms with Crippen LogP contribution in [-0.2, 0) is 23.8 Å². The number of ether oxygens (including phenoxy) is 1. The number of esters is 1. The molecule has 0 aliphatic carbocycles. The van der Waals surface area contributed by atoms with E-state index in [1.54, 1.807) is 6.92 Å². The average Bonchev–Trinajstić information content (AvgIpc) is 1.99. The van der Waals surface area contributed by atoms with Crippen molar-refractivity contribution in [3.8, 4) is 0 Å². The van der Waals surface area contributed by atoms with Crippen LogP contribution in [0.5, 0.6) is 0 Å². The maximum Gasteiger partial charge on any atom is 0.305 e. The molecule has 0 saturated heterocycles. The zero-order valence-electron chi connectivity index (χ0n) is 7.94. The van der Waals surface area contributed by atoms with E-state index in [0.717, 1.165) is 6.26 Å². The Balaban J connectivity index is 3.76. The van der Waals surface area contributed by atoms with Gasteiger partial charge in [-0.3, -0.25) is 8.98 Å². The number of carbonyl (C=O) groups is 1. The van der Waals surface area contributed by atoms with Crippen LogP contribution in [0.4, 0.5) is 0 Å². The van der Waals surface area contributed by atoms with Crippen LogP contribution < -0.4 is 0 Å². The second kappa shape index (κ2) is 5.18. The summed E-state index contributed by atoms with van der Waals surface area (Å²) in [4.78, 5) is 10.7. The van der Waals surface area contributed by atoms with E-state index in [0.29, 0.717) is 0 Å². The molecule has 6 heteroatoms. The summed E-state index contributed by atoms with van der Waals surface area (Å²) in [6.45, 7) is 1.72. The SMILES string of the molecule is COC(=O)CC(C)COS(C)(=O)=O. The summed E-state index contributed by atoms with van der Waals surface area (Å²) in [5.74, 6) is -0.535. The molecule has 13 heavy (non-hydrogen) atoms. The molecule has 0 heterocycles. The van der Waals surface area contributed by atoms with Crippen molar-refractivity contribution in [3.63, 3.8) is 0 Å². The first-order chi connectivity index (χ1) is 5.85. The maximum absolute atomic E-state index is 10.7. The molecule has 0 amide bonds. The Bertz CT molecular complexity index is 256. The first kappa shape index (κ1) is 12.4. The van der Waals surface area contributed by atoms with Crippen LogP contribution in [-0.4, -0.2) is 34.4 Å². The zero-order chi connectivity index (χ0) is 10.5. The lowest BCUT2D eigenvalue weighted by Crippen LogP contribution is -2.15. The standard InChI is InChI=1S/C7H14O5S/c1-6(4-7(8)11-2)5-12-13(3,9)10/h6H,4-5H2,1-3H3. The van der Waals surface area contributed by atoms with Crippen molar-refractivity contribution in [1.82, 2.24) is 0 Å². The third kappa shape index (κ3) is 7.73. The van der Waals surface area contributed by atoms with Gasteiger partial charge in [0.05, 0.1) is 26.4 Å². The molecule has 5 nitrogen and oxygen atoms in total. The van der Waals surface area contributed by atoms with E-state index in [1.807, 2.05) is 0 Å². The van der Waals surface area contributed by atoms with Crippen molar-refractivity contribution in [2.75, 3.05) is 20.0 Å². The van der Waals surface area contributed by atoms with E-state index < -0.39 is 10.1 Å². The minimum Gasteiger partial charge on any atom is -0.469 e. The number of hydrogen-bond donors (Lipinski definition) is 0. The van der Waals surface area contributed by atoms with Gasteiger partial charge in [-0.15, -0.1) is 0 Å². The van der Waals surface area contributed by atoms with Crippen molar-refractivity contribution in [3.05, 3.63) is 0 Å². The lowest BCUT2D eigenvalue weighted by molar-refractivity contribution is -0.141. The summed E-state index contributed by atoms with van der Waals surface area (Å²) in [6, 6.07) is 0. The molecule has 0 spiro atoms. The van der Waals surface area contributed by atoms with Gasteiger partial charge >= 0.3 is 5.97 Å². The highest BCUT2D eigenvalue weighted by Crippen LogP contribution is 2.04. The Morgan fingerprint density at radius 1 is 1.46 bits per heavy atom. The Labute approximate surface area is 78.2 Å². The van der Waals surface area contributed by atoms with Crippen molar-refractivity contribution >= 4 is 16.1 Å². The van der Waals surface area contributed by atoms with Gasteiger partial charge in [-0.1, -0.05) is 6.92 Å². The van der Waals surface area contributed by atoms with Gasteiger partial charge in [0.15, 0.2) is 0 Å². The van der Waals surface area contributed by atoms with Crippen molar-refractivity contribution in [2.45, 2.75) is 13.3 Å². The highest BCUT2D eigenvalue weighted by atomic mass is 32.2. The molecule has 0 N–H and O–H groups in total. The van der Waals surface area contributed by atoms with E-state index in [2.05, 4.69) is 8.92 Å².